The van der Waals surface area contributed by atoms with Gasteiger partial charge in [-0.05, 0) is 19.1 Å². The summed E-state index contributed by atoms with van der Waals surface area (Å²) < 4.78 is 73.1. The molecular formula is C18H11F5N4O2. The number of pyridine rings is 1. The van der Waals surface area contributed by atoms with Gasteiger partial charge in [-0.25, -0.2) is 13.6 Å². The van der Waals surface area contributed by atoms with Crippen LogP contribution in [0.5, 0.6) is 0 Å². The van der Waals surface area contributed by atoms with Gasteiger partial charge in [0.15, 0.2) is 17.4 Å². The molecule has 2 amide bonds. The Morgan fingerprint density at radius 1 is 1.24 bits per heavy atom. The first-order valence-electron chi connectivity index (χ1n) is 7.97. The van der Waals surface area contributed by atoms with Crippen LogP contribution in [0.2, 0.25) is 0 Å². The van der Waals surface area contributed by atoms with E-state index in [4.69, 9.17) is 9.68 Å². The molecule has 0 spiro atoms. The lowest BCUT2D eigenvalue weighted by molar-refractivity contribution is -0.158. The Morgan fingerprint density at radius 3 is 2.62 bits per heavy atom. The number of aromatic nitrogens is 1. The van der Waals surface area contributed by atoms with Gasteiger partial charge in [-0.2, -0.15) is 18.4 Å². The van der Waals surface area contributed by atoms with Crippen molar-refractivity contribution in [3.05, 3.63) is 59.1 Å². The van der Waals surface area contributed by atoms with E-state index >= 15 is 0 Å². The van der Waals surface area contributed by atoms with Crippen molar-refractivity contribution in [1.82, 2.24) is 10.3 Å². The van der Waals surface area contributed by atoms with Crippen LogP contribution >= 0.6 is 0 Å². The zero-order valence-electron chi connectivity index (χ0n) is 14.6. The number of carbonyl (C=O) groups excluding carboxylic acids is 1. The van der Waals surface area contributed by atoms with Crippen LogP contribution in [0.15, 0.2) is 35.0 Å². The summed E-state index contributed by atoms with van der Waals surface area (Å²) in [7, 11) is 0. The minimum atomic E-state index is -5.00. The van der Waals surface area contributed by atoms with E-state index in [-0.39, 0.29) is 22.2 Å². The number of benzene rings is 1. The average Bonchev–Trinajstić information content (AvgIpc) is 2.96. The van der Waals surface area contributed by atoms with Gasteiger partial charge in [-0.1, -0.05) is 0 Å². The highest BCUT2D eigenvalue weighted by atomic mass is 19.4. The summed E-state index contributed by atoms with van der Waals surface area (Å²) in [6, 6.07) is 0.394. The van der Waals surface area contributed by atoms with Crippen LogP contribution in [-0.2, 0) is 0 Å². The maximum absolute atomic E-state index is 13.9. The third-order valence-corrected chi connectivity index (χ3v) is 3.98. The van der Waals surface area contributed by atoms with Crippen LogP contribution in [0.3, 0.4) is 0 Å². The van der Waals surface area contributed by atoms with Gasteiger partial charge in [0.25, 0.3) is 0 Å². The molecule has 0 saturated heterocycles. The number of amides is 2. The van der Waals surface area contributed by atoms with E-state index in [0.29, 0.717) is 6.07 Å². The lowest BCUT2D eigenvalue weighted by Crippen LogP contribution is -2.40. The first-order valence-corrected chi connectivity index (χ1v) is 7.97. The molecule has 2 N–H and O–H groups in total. The Bertz CT molecular complexity index is 1130. The molecule has 0 aliphatic heterocycles. The molecule has 150 valence electrons. The van der Waals surface area contributed by atoms with E-state index < -0.39 is 41.2 Å². The van der Waals surface area contributed by atoms with Crippen molar-refractivity contribution in [1.29, 1.82) is 5.26 Å². The Labute approximate surface area is 159 Å². The number of rotatable bonds is 3. The van der Waals surface area contributed by atoms with E-state index in [9.17, 15) is 26.7 Å². The number of nitriles is 1. The van der Waals surface area contributed by atoms with Gasteiger partial charge in [-0.3, -0.25) is 4.98 Å². The number of nitrogens with zero attached hydrogens (tertiary/aromatic N) is 2. The number of hydrogen-bond donors (Lipinski definition) is 2. The minimum absolute atomic E-state index is 0.0167. The summed E-state index contributed by atoms with van der Waals surface area (Å²) in [6.45, 7) is 1.19. The van der Waals surface area contributed by atoms with E-state index in [0.717, 1.165) is 12.3 Å². The summed E-state index contributed by atoms with van der Waals surface area (Å²) in [5.41, 5.74) is -0.659. The molecule has 0 aliphatic carbocycles. The molecule has 3 aromatic rings. The molecular weight excluding hydrogens is 399 g/mol. The maximum atomic E-state index is 13.9. The SMILES string of the molecule is Cc1c(C(NC(=O)Nc2cncc(C#N)c2)C(F)(F)F)oc2c(F)cc(F)cc12. The second-order valence-corrected chi connectivity index (χ2v) is 6.00. The van der Waals surface area contributed by atoms with Gasteiger partial charge in [0.05, 0.1) is 17.4 Å². The Morgan fingerprint density at radius 2 is 1.97 bits per heavy atom. The number of aryl methyl sites for hydroxylation is 1. The van der Waals surface area contributed by atoms with E-state index in [1.54, 1.807) is 11.4 Å². The van der Waals surface area contributed by atoms with Gasteiger partial charge < -0.3 is 15.1 Å². The van der Waals surface area contributed by atoms with E-state index in [2.05, 4.69) is 10.3 Å². The normalized spacial score (nSPS) is 12.4. The first-order chi connectivity index (χ1) is 13.6. The quantitative estimate of drug-likeness (QED) is 0.612. The monoisotopic (exact) mass is 410 g/mol. The highest BCUT2D eigenvalue weighted by Gasteiger charge is 2.45. The Kier molecular flexibility index (Phi) is 5.11. The molecule has 3 rings (SSSR count). The summed E-state index contributed by atoms with van der Waals surface area (Å²) >= 11 is 0. The number of carbonyl (C=O) groups is 1. The van der Waals surface area contributed by atoms with Crippen LogP contribution in [0.4, 0.5) is 32.4 Å². The van der Waals surface area contributed by atoms with E-state index in [1.165, 1.54) is 19.2 Å². The second kappa shape index (κ2) is 7.38. The third-order valence-electron chi connectivity index (χ3n) is 3.98. The number of halogens is 5. The predicted molar refractivity (Wildman–Crippen MR) is 90.8 cm³/mol. The molecule has 6 nitrogen and oxygen atoms in total. The number of hydrogen-bond acceptors (Lipinski definition) is 4. The minimum Gasteiger partial charge on any atom is -0.455 e. The van der Waals surface area contributed by atoms with Crippen LogP contribution in [0.25, 0.3) is 11.0 Å². The summed E-state index contributed by atoms with van der Waals surface area (Å²) in [4.78, 5) is 15.8. The average molecular weight is 410 g/mol. The molecule has 0 bridgehead atoms. The fourth-order valence-electron chi connectivity index (χ4n) is 2.70. The number of nitrogens with one attached hydrogen (secondary N) is 2. The number of fused-ring (bicyclic) bond motifs is 1. The molecule has 2 aromatic heterocycles. The highest BCUT2D eigenvalue weighted by Crippen LogP contribution is 2.39. The maximum Gasteiger partial charge on any atom is 0.416 e. The smallest absolute Gasteiger partial charge is 0.416 e. The van der Waals surface area contributed by atoms with E-state index in [1.807, 2.05) is 0 Å². The zero-order valence-corrected chi connectivity index (χ0v) is 14.6. The molecule has 1 unspecified atom stereocenters. The molecule has 1 aromatic carbocycles. The van der Waals surface area contributed by atoms with Crippen molar-refractivity contribution < 1.29 is 31.2 Å². The number of furan rings is 1. The van der Waals surface area contributed by atoms with Gasteiger partial charge >= 0.3 is 12.2 Å². The molecule has 2 heterocycles. The molecule has 0 saturated carbocycles. The van der Waals surface area contributed by atoms with Crippen LogP contribution < -0.4 is 10.6 Å². The van der Waals surface area contributed by atoms with Crippen molar-refractivity contribution in [2.75, 3.05) is 5.32 Å². The number of anilines is 1. The van der Waals surface area contributed by atoms with Crippen LogP contribution in [0, 0.1) is 29.9 Å². The lowest BCUT2D eigenvalue weighted by Gasteiger charge is -2.20. The molecule has 0 aliphatic rings. The number of alkyl halides is 3. The van der Waals surface area contributed by atoms with Crippen LogP contribution in [-0.4, -0.2) is 17.2 Å². The van der Waals surface area contributed by atoms with Crippen molar-refractivity contribution in [2.45, 2.75) is 19.1 Å². The van der Waals surface area contributed by atoms with Crippen molar-refractivity contribution in [3.8, 4) is 6.07 Å². The fourth-order valence-corrected chi connectivity index (χ4v) is 2.70. The summed E-state index contributed by atoms with van der Waals surface area (Å²) in [6.07, 6.45) is -2.67. The Balaban J connectivity index is 1.94. The largest absolute Gasteiger partial charge is 0.455 e. The molecule has 1 atom stereocenters. The summed E-state index contributed by atoms with van der Waals surface area (Å²) in [5, 5.41) is 12.4. The number of urea groups is 1. The zero-order chi connectivity index (χ0) is 21.3. The molecule has 11 heteroatoms. The van der Waals surface area contributed by atoms with Crippen molar-refractivity contribution in [2.24, 2.45) is 0 Å². The van der Waals surface area contributed by atoms with Crippen molar-refractivity contribution >= 4 is 22.7 Å². The molecule has 0 fully saturated rings. The lowest BCUT2D eigenvalue weighted by atomic mass is 10.1. The van der Waals surface area contributed by atoms with Crippen LogP contribution in [0.1, 0.15) is 22.9 Å². The van der Waals surface area contributed by atoms with Crippen molar-refractivity contribution in [3.63, 3.8) is 0 Å². The van der Waals surface area contributed by atoms with Gasteiger partial charge in [-0.15, -0.1) is 0 Å². The highest BCUT2D eigenvalue weighted by molar-refractivity contribution is 5.90. The molecule has 29 heavy (non-hydrogen) atoms. The van der Waals surface area contributed by atoms with Gasteiger partial charge in [0.1, 0.15) is 17.6 Å². The molecule has 0 radical (unpaired) electrons. The predicted octanol–water partition coefficient (Wildman–Crippen LogP) is 4.71. The van der Waals surface area contributed by atoms with Gasteiger partial charge in [0.2, 0.25) is 0 Å². The topological polar surface area (TPSA) is 91.0 Å². The third kappa shape index (κ3) is 4.11. The second-order valence-electron chi connectivity index (χ2n) is 6.00. The Hall–Kier alpha value is -3.68. The summed E-state index contributed by atoms with van der Waals surface area (Å²) in [5.74, 6) is -2.93. The standard InChI is InChI=1S/C18H11F5N4O2/c1-8-12-3-10(19)4-13(20)15(12)29-14(8)16(18(21,22)23)27-17(28)26-11-2-9(5-24)6-25-7-11/h2-4,6-7,16H,1H3,(H2,26,27,28). The van der Waals surface area contributed by atoms with Gasteiger partial charge in [0, 0.05) is 23.2 Å². The fraction of sp³-hybridized carbons (Fsp3) is 0.167. The first kappa shape index (κ1) is 20.1.